The number of amides is 1. The lowest BCUT2D eigenvalue weighted by atomic mass is 9.89. The third-order valence-corrected chi connectivity index (χ3v) is 4.47. The van der Waals surface area contributed by atoms with E-state index in [0.717, 1.165) is 30.5 Å². The molecule has 1 aliphatic carbocycles. The Bertz CT molecular complexity index is 704. The van der Waals surface area contributed by atoms with Gasteiger partial charge < -0.3 is 9.26 Å². The maximum atomic E-state index is 12.1. The number of nitrogens with one attached hydrogen (secondary N) is 1. The lowest BCUT2D eigenvalue weighted by Gasteiger charge is -2.16. The van der Waals surface area contributed by atoms with E-state index >= 15 is 0 Å². The molecule has 5 heteroatoms. The van der Waals surface area contributed by atoms with Crippen LogP contribution in [0.1, 0.15) is 49.9 Å². The highest BCUT2D eigenvalue weighted by atomic mass is 16.5. The van der Waals surface area contributed by atoms with Gasteiger partial charge in [0.15, 0.2) is 6.61 Å². The largest absolute Gasteiger partial charge is 0.484 e. The first-order valence-electron chi connectivity index (χ1n) is 8.53. The summed E-state index contributed by atoms with van der Waals surface area (Å²) in [6.07, 6.45) is 2.92. The van der Waals surface area contributed by atoms with E-state index in [4.69, 9.17) is 9.26 Å². The maximum absolute atomic E-state index is 12.1. The number of carbonyl (C=O) groups is 1. The number of fused-ring (bicyclic) bond motifs is 1. The molecule has 1 aliphatic rings. The minimum absolute atomic E-state index is 0.0496. The standard InChI is InChI=1S/C19H24N2O3/c1-12(2)14-5-7-15(8-6-14)23-11-18(22)20-19-16-10-13(3)4-9-17(16)21-24-19/h5-8,12-13H,4,9-11H2,1-3H3,(H,20,22)/t13-/m0/s1. The third-order valence-electron chi connectivity index (χ3n) is 4.47. The van der Waals surface area contributed by atoms with Crippen LogP contribution in [0.25, 0.3) is 0 Å². The number of nitrogens with zero attached hydrogens (tertiary/aromatic N) is 1. The number of rotatable bonds is 5. The molecule has 1 amide bonds. The summed E-state index contributed by atoms with van der Waals surface area (Å²) in [7, 11) is 0. The molecule has 3 rings (SSSR count). The molecular weight excluding hydrogens is 304 g/mol. The Kier molecular flexibility index (Phi) is 4.88. The second-order valence-electron chi connectivity index (χ2n) is 6.85. The summed E-state index contributed by atoms with van der Waals surface area (Å²) in [5.41, 5.74) is 3.24. The van der Waals surface area contributed by atoms with Crippen molar-refractivity contribution in [3.8, 4) is 5.75 Å². The van der Waals surface area contributed by atoms with Crippen LogP contribution in [0.15, 0.2) is 28.8 Å². The molecule has 1 aromatic heterocycles. The van der Waals surface area contributed by atoms with Gasteiger partial charge in [0.05, 0.1) is 5.69 Å². The van der Waals surface area contributed by atoms with Crippen LogP contribution in [0.3, 0.4) is 0 Å². The zero-order valence-electron chi connectivity index (χ0n) is 14.5. The molecule has 0 unspecified atom stereocenters. The van der Waals surface area contributed by atoms with Gasteiger partial charge in [-0.3, -0.25) is 10.1 Å². The number of aromatic nitrogens is 1. The highest BCUT2D eigenvalue weighted by Gasteiger charge is 2.24. The molecule has 0 saturated carbocycles. The van der Waals surface area contributed by atoms with E-state index in [1.54, 1.807) is 0 Å². The van der Waals surface area contributed by atoms with Crippen molar-refractivity contribution >= 4 is 11.8 Å². The first-order chi connectivity index (χ1) is 11.5. The molecule has 1 N–H and O–H groups in total. The van der Waals surface area contributed by atoms with Gasteiger partial charge in [-0.2, -0.15) is 0 Å². The Morgan fingerprint density at radius 2 is 2.12 bits per heavy atom. The van der Waals surface area contributed by atoms with Crippen LogP contribution in [0.2, 0.25) is 0 Å². The average molecular weight is 328 g/mol. The Balaban J connectivity index is 1.55. The van der Waals surface area contributed by atoms with E-state index in [2.05, 4.69) is 31.2 Å². The van der Waals surface area contributed by atoms with Crippen molar-refractivity contribution in [1.82, 2.24) is 5.16 Å². The van der Waals surface area contributed by atoms with Crippen LogP contribution in [0, 0.1) is 5.92 Å². The van der Waals surface area contributed by atoms with Gasteiger partial charge in [-0.25, -0.2) is 0 Å². The average Bonchev–Trinajstić information content (AvgIpc) is 2.95. The monoisotopic (exact) mass is 328 g/mol. The van der Waals surface area contributed by atoms with E-state index in [1.165, 1.54) is 5.56 Å². The fraction of sp³-hybridized carbons (Fsp3) is 0.474. The van der Waals surface area contributed by atoms with E-state index < -0.39 is 0 Å². The van der Waals surface area contributed by atoms with Crippen molar-refractivity contribution in [2.24, 2.45) is 5.92 Å². The molecule has 0 saturated heterocycles. The Hall–Kier alpha value is -2.30. The lowest BCUT2D eigenvalue weighted by molar-refractivity contribution is -0.118. The highest BCUT2D eigenvalue weighted by Crippen LogP contribution is 2.30. The second kappa shape index (κ2) is 7.07. The molecule has 1 atom stereocenters. The minimum atomic E-state index is -0.236. The van der Waals surface area contributed by atoms with Crippen LogP contribution in [0.5, 0.6) is 5.75 Å². The molecule has 0 aliphatic heterocycles. The quantitative estimate of drug-likeness (QED) is 0.903. The first kappa shape index (κ1) is 16.6. The van der Waals surface area contributed by atoms with Gasteiger partial charge in [-0.15, -0.1) is 0 Å². The van der Waals surface area contributed by atoms with Crippen LogP contribution in [0.4, 0.5) is 5.88 Å². The summed E-state index contributed by atoms with van der Waals surface area (Å²) in [4.78, 5) is 12.1. The van der Waals surface area contributed by atoms with Gasteiger partial charge in [-0.1, -0.05) is 38.1 Å². The zero-order valence-corrected chi connectivity index (χ0v) is 14.5. The summed E-state index contributed by atoms with van der Waals surface area (Å²) >= 11 is 0. The normalized spacial score (nSPS) is 16.8. The summed E-state index contributed by atoms with van der Waals surface area (Å²) < 4.78 is 10.8. The third kappa shape index (κ3) is 3.78. The van der Waals surface area contributed by atoms with E-state index in [-0.39, 0.29) is 12.5 Å². The molecule has 24 heavy (non-hydrogen) atoms. The Labute approximate surface area is 142 Å². The summed E-state index contributed by atoms with van der Waals surface area (Å²) in [5.74, 6) is 1.98. The molecule has 0 spiro atoms. The van der Waals surface area contributed by atoms with E-state index in [1.807, 2.05) is 24.3 Å². The van der Waals surface area contributed by atoms with Crippen LogP contribution in [-0.4, -0.2) is 17.7 Å². The van der Waals surface area contributed by atoms with Crippen molar-refractivity contribution in [3.05, 3.63) is 41.1 Å². The van der Waals surface area contributed by atoms with Gasteiger partial charge in [-0.05, 0) is 48.8 Å². The molecule has 5 nitrogen and oxygen atoms in total. The van der Waals surface area contributed by atoms with Gasteiger partial charge in [0.2, 0.25) is 5.88 Å². The second-order valence-corrected chi connectivity index (χ2v) is 6.85. The summed E-state index contributed by atoms with van der Waals surface area (Å²) in [6, 6.07) is 7.82. The lowest BCUT2D eigenvalue weighted by Crippen LogP contribution is -2.21. The molecule has 0 bridgehead atoms. The maximum Gasteiger partial charge on any atom is 0.264 e. The number of carbonyl (C=O) groups excluding carboxylic acids is 1. The molecule has 2 aromatic rings. The minimum Gasteiger partial charge on any atom is -0.484 e. The van der Waals surface area contributed by atoms with E-state index in [9.17, 15) is 4.79 Å². The van der Waals surface area contributed by atoms with E-state index in [0.29, 0.717) is 23.5 Å². The van der Waals surface area contributed by atoms with Crippen LogP contribution >= 0.6 is 0 Å². The molecule has 0 radical (unpaired) electrons. The van der Waals surface area contributed by atoms with Gasteiger partial charge in [0.25, 0.3) is 5.91 Å². The Morgan fingerprint density at radius 3 is 2.83 bits per heavy atom. The SMILES string of the molecule is CC(C)c1ccc(OCC(=O)Nc2onc3c2C[C@@H](C)CC3)cc1. The van der Waals surface area contributed by atoms with Crippen LogP contribution in [-0.2, 0) is 17.6 Å². The Morgan fingerprint density at radius 1 is 1.38 bits per heavy atom. The zero-order chi connectivity index (χ0) is 17.1. The molecule has 128 valence electrons. The molecule has 1 aromatic carbocycles. The molecule has 1 heterocycles. The van der Waals surface area contributed by atoms with Gasteiger partial charge in [0, 0.05) is 5.56 Å². The summed E-state index contributed by atoms with van der Waals surface area (Å²) in [6.45, 7) is 6.43. The van der Waals surface area contributed by atoms with Crippen molar-refractivity contribution in [2.75, 3.05) is 11.9 Å². The fourth-order valence-electron chi connectivity index (χ4n) is 2.94. The number of hydrogen-bond donors (Lipinski definition) is 1. The smallest absolute Gasteiger partial charge is 0.264 e. The van der Waals surface area contributed by atoms with Crippen molar-refractivity contribution in [3.63, 3.8) is 0 Å². The topological polar surface area (TPSA) is 64.4 Å². The van der Waals surface area contributed by atoms with Crippen molar-refractivity contribution in [1.29, 1.82) is 0 Å². The highest BCUT2D eigenvalue weighted by molar-refractivity contribution is 5.91. The van der Waals surface area contributed by atoms with Gasteiger partial charge >= 0.3 is 0 Å². The number of hydrogen-bond acceptors (Lipinski definition) is 4. The number of anilines is 1. The number of benzene rings is 1. The molecular formula is C19H24N2O3. The predicted octanol–water partition coefficient (Wildman–Crippen LogP) is 3.94. The number of aryl methyl sites for hydroxylation is 1. The predicted molar refractivity (Wildman–Crippen MR) is 92.3 cm³/mol. The summed E-state index contributed by atoms with van der Waals surface area (Å²) in [5, 5.41) is 6.84. The molecule has 0 fully saturated rings. The van der Waals surface area contributed by atoms with Gasteiger partial charge in [0.1, 0.15) is 5.75 Å². The first-order valence-corrected chi connectivity index (χ1v) is 8.53. The fourth-order valence-corrected chi connectivity index (χ4v) is 2.94. The van der Waals surface area contributed by atoms with Crippen molar-refractivity contribution < 1.29 is 14.1 Å². The van der Waals surface area contributed by atoms with Crippen molar-refractivity contribution in [2.45, 2.75) is 46.0 Å². The van der Waals surface area contributed by atoms with Crippen LogP contribution < -0.4 is 10.1 Å². The number of ether oxygens (including phenoxy) is 1.